The molecule has 0 amide bonds. The number of rotatable bonds is 2. The zero-order valence-corrected chi connectivity index (χ0v) is 10.1. The van der Waals surface area contributed by atoms with Crippen LogP contribution in [0.4, 0.5) is 0 Å². The van der Waals surface area contributed by atoms with Gasteiger partial charge >= 0.3 is 0 Å². The van der Waals surface area contributed by atoms with E-state index in [0.29, 0.717) is 11.5 Å². The third-order valence-corrected chi connectivity index (χ3v) is 2.85. The molecule has 1 aliphatic rings. The van der Waals surface area contributed by atoms with Crippen molar-refractivity contribution in [3.05, 3.63) is 0 Å². The fourth-order valence-electron chi connectivity index (χ4n) is 2.34. The normalized spacial score (nSPS) is 21.1. The number of hydrogen-bond acceptors (Lipinski definition) is 1. The Morgan fingerprint density at radius 1 is 1.36 bits per heavy atom. The summed E-state index contributed by atoms with van der Waals surface area (Å²) in [5.74, 6) is 0.855. The second kappa shape index (κ2) is 4.33. The van der Waals surface area contributed by atoms with Crippen molar-refractivity contribution in [1.82, 2.24) is 4.90 Å². The van der Waals surface area contributed by atoms with Crippen LogP contribution in [0.3, 0.4) is 0 Å². The molecule has 82 valence electrons. The highest BCUT2D eigenvalue weighted by molar-refractivity contribution is 5.80. The molecule has 0 aliphatic carbocycles. The molecular weight excluding hydrogens is 172 g/mol. The Morgan fingerprint density at radius 3 is 2.50 bits per heavy atom. The summed E-state index contributed by atoms with van der Waals surface area (Å²) in [5, 5.41) is 7.91. The second-order valence-electron chi connectivity index (χ2n) is 5.71. The molecule has 0 aromatic rings. The van der Waals surface area contributed by atoms with E-state index in [1.165, 1.54) is 19.3 Å². The first-order valence-electron chi connectivity index (χ1n) is 5.74. The number of hydrogen-bond donors (Lipinski definition) is 1. The van der Waals surface area contributed by atoms with Crippen LogP contribution >= 0.6 is 0 Å². The van der Waals surface area contributed by atoms with E-state index in [2.05, 4.69) is 32.6 Å². The zero-order chi connectivity index (χ0) is 10.8. The van der Waals surface area contributed by atoms with E-state index in [4.69, 9.17) is 5.41 Å². The molecule has 2 nitrogen and oxygen atoms in total. The van der Waals surface area contributed by atoms with Gasteiger partial charge in [0.15, 0.2) is 0 Å². The summed E-state index contributed by atoms with van der Waals surface area (Å²) in [6.07, 6.45) is 4.62. The van der Waals surface area contributed by atoms with Gasteiger partial charge in [-0.3, -0.25) is 5.41 Å². The van der Waals surface area contributed by atoms with Crippen LogP contribution in [-0.4, -0.2) is 23.3 Å². The summed E-state index contributed by atoms with van der Waals surface area (Å²) in [5.41, 5.74) is 0.372. The van der Waals surface area contributed by atoms with E-state index in [1.807, 2.05) is 0 Å². The molecule has 1 saturated heterocycles. The Morgan fingerprint density at radius 2 is 2.00 bits per heavy atom. The molecule has 0 spiro atoms. The number of nitrogens with one attached hydrogen (secondary N) is 1. The van der Waals surface area contributed by atoms with Gasteiger partial charge in [-0.05, 0) is 31.6 Å². The van der Waals surface area contributed by atoms with Crippen molar-refractivity contribution in [2.24, 2.45) is 5.41 Å². The lowest BCUT2D eigenvalue weighted by atomic mass is 9.87. The highest BCUT2D eigenvalue weighted by Gasteiger charge is 2.24. The van der Waals surface area contributed by atoms with Crippen LogP contribution in [0.2, 0.25) is 0 Å². The predicted octanol–water partition coefficient (Wildman–Crippen LogP) is 3.27. The van der Waals surface area contributed by atoms with Crippen molar-refractivity contribution in [3.63, 3.8) is 0 Å². The van der Waals surface area contributed by atoms with Crippen molar-refractivity contribution in [1.29, 1.82) is 5.41 Å². The maximum atomic E-state index is 7.91. The molecule has 1 unspecified atom stereocenters. The molecular formula is C12H24N2. The van der Waals surface area contributed by atoms with Crippen LogP contribution < -0.4 is 0 Å². The molecule has 0 bridgehead atoms. The standard InChI is InChI=1S/C12H24N2/c1-10(9-12(2,3)4)14-8-6-5-7-11(14)13/h10,13H,5-9H2,1-4H3. The largest absolute Gasteiger partial charge is 0.358 e. The van der Waals surface area contributed by atoms with E-state index < -0.39 is 0 Å². The first-order valence-corrected chi connectivity index (χ1v) is 5.74. The molecule has 1 fully saturated rings. The van der Waals surface area contributed by atoms with Crippen LogP contribution in [-0.2, 0) is 0 Å². The molecule has 0 aromatic heterocycles. The lowest BCUT2D eigenvalue weighted by Crippen LogP contribution is -2.42. The maximum absolute atomic E-state index is 7.91. The van der Waals surface area contributed by atoms with E-state index >= 15 is 0 Å². The van der Waals surface area contributed by atoms with Crippen molar-refractivity contribution >= 4 is 5.84 Å². The smallest absolute Gasteiger partial charge is 0.0960 e. The minimum Gasteiger partial charge on any atom is -0.358 e. The van der Waals surface area contributed by atoms with Crippen LogP contribution in [0, 0.1) is 10.8 Å². The number of piperidine rings is 1. The topological polar surface area (TPSA) is 27.1 Å². The van der Waals surface area contributed by atoms with Crippen LogP contribution in [0.25, 0.3) is 0 Å². The number of amidine groups is 1. The summed E-state index contributed by atoms with van der Waals surface area (Å²) in [4.78, 5) is 2.29. The van der Waals surface area contributed by atoms with Gasteiger partial charge in [0, 0.05) is 19.0 Å². The Kier molecular flexibility index (Phi) is 3.57. The molecule has 1 rings (SSSR count). The Hall–Kier alpha value is -0.530. The van der Waals surface area contributed by atoms with Gasteiger partial charge in [-0.2, -0.15) is 0 Å². The van der Waals surface area contributed by atoms with E-state index in [9.17, 15) is 0 Å². The third-order valence-electron chi connectivity index (χ3n) is 2.85. The van der Waals surface area contributed by atoms with Crippen molar-refractivity contribution in [2.75, 3.05) is 6.54 Å². The Bertz CT molecular complexity index is 203. The average Bonchev–Trinajstić information content (AvgIpc) is 2.01. The molecule has 0 aromatic carbocycles. The summed E-state index contributed by atoms with van der Waals surface area (Å²) in [6.45, 7) is 10.2. The molecule has 1 atom stereocenters. The predicted molar refractivity (Wildman–Crippen MR) is 61.8 cm³/mol. The molecule has 1 heterocycles. The van der Waals surface area contributed by atoms with Gasteiger partial charge in [0.2, 0.25) is 0 Å². The highest BCUT2D eigenvalue weighted by atomic mass is 15.2. The van der Waals surface area contributed by atoms with Crippen molar-refractivity contribution in [2.45, 2.75) is 59.4 Å². The Labute approximate surface area is 88.2 Å². The van der Waals surface area contributed by atoms with Gasteiger partial charge in [-0.25, -0.2) is 0 Å². The molecule has 2 heteroatoms. The van der Waals surface area contributed by atoms with Crippen LogP contribution in [0.1, 0.15) is 53.4 Å². The van der Waals surface area contributed by atoms with Gasteiger partial charge < -0.3 is 4.90 Å². The molecule has 0 saturated carbocycles. The third kappa shape index (κ3) is 3.32. The SMILES string of the molecule is CC(CC(C)(C)C)N1CCCCC1=N. The van der Waals surface area contributed by atoms with Crippen LogP contribution in [0.5, 0.6) is 0 Å². The van der Waals surface area contributed by atoms with Crippen molar-refractivity contribution in [3.8, 4) is 0 Å². The Balaban J connectivity index is 2.50. The lowest BCUT2D eigenvalue weighted by Gasteiger charge is -2.37. The minimum absolute atomic E-state index is 0.372. The monoisotopic (exact) mass is 196 g/mol. The summed E-state index contributed by atoms with van der Waals surface area (Å²) >= 11 is 0. The summed E-state index contributed by atoms with van der Waals surface area (Å²) < 4.78 is 0. The van der Waals surface area contributed by atoms with Crippen molar-refractivity contribution < 1.29 is 0 Å². The van der Waals surface area contributed by atoms with Crippen LogP contribution in [0.15, 0.2) is 0 Å². The first kappa shape index (κ1) is 11.5. The van der Waals surface area contributed by atoms with Gasteiger partial charge in [0.25, 0.3) is 0 Å². The van der Waals surface area contributed by atoms with Gasteiger partial charge in [-0.15, -0.1) is 0 Å². The van der Waals surface area contributed by atoms with E-state index in [-0.39, 0.29) is 0 Å². The molecule has 14 heavy (non-hydrogen) atoms. The minimum atomic E-state index is 0.372. The molecule has 1 aliphatic heterocycles. The molecule has 1 N–H and O–H groups in total. The summed E-state index contributed by atoms with van der Waals surface area (Å²) in [6, 6.07) is 0.530. The first-order chi connectivity index (χ1) is 6.40. The fraction of sp³-hybridized carbons (Fsp3) is 0.917. The maximum Gasteiger partial charge on any atom is 0.0960 e. The zero-order valence-electron chi connectivity index (χ0n) is 10.1. The molecule has 0 radical (unpaired) electrons. The van der Waals surface area contributed by atoms with Gasteiger partial charge in [-0.1, -0.05) is 20.8 Å². The second-order valence-corrected chi connectivity index (χ2v) is 5.71. The van der Waals surface area contributed by atoms with E-state index in [0.717, 1.165) is 18.8 Å². The van der Waals surface area contributed by atoms with E-state index in [1.54, 1.807) is 0 Å². The number of nitrogens with zero attached hydrogens (tertiary/aromatic N) is 1. The summed E-state index contributed by atoms with van der Waals surface area (Å²) in [7, 11) is 0. The average molecular weight is 196 g/mol. The van der Waals surface area contributed by atoms with Gasteiger partial charge in [0.1, 0.15) is 0 Å². The quantitative estimate of drug-likeness (QED) is 0.721. The fourth-order valence-corrected chi connectivity index (χ4v) is 2.34. The van der Waals surface area contributed by atoms with Gasteiger partial charge in [0.05, 0.1) is 5.84 Å². The highest BCUT2D eigenvalue weighted by Crippen LogP contribution is 2.25. The number of likely N-dealkylation sites (tertiary alicyclic amines) is 1. The lowest BCUT2D eigenvalue weighted by molar-refractivity contribution is 0.220.